The highest BCUT2D eigenvalue weighted by Gasteiger charge is 2.12. The number of carbonyl (C=O) groups excluding carboxylic acids is 1. The standard InChI is InChI=1S/C7H5Cl2NO2/c1-12-5-4(7(9)11)2-3-10-6(5)8/h2-3H,1H3. The van der Waals surface area contributed by atoms with E-state index in [1.807, 2.05) is 0 Å². The van der Waals surface area contributed by atoms with E-state index in [2.05, 4.69) is 4.98 Å². The number of methoxy groups -OCH3 is 1. The van der Waals surface area contributed by atoms with Gasteiger partial charge in [-0.1, -0.05) is 11.6 Å². The number of pyridine rings is 1. The van der Waals surface area contributed by atoms with E-state index in [1.54, 1.807) is 0 Å². The molecule has 0 unspecified atom stereocenters. The van der Waals surface area contributed by atoms with Crippen molar-refractivity contribution in [2.45, 2.75) is 0 Å². The predicted octanol–water partition coefficient (Wildman–Crippen LogP) is 2.12. The summed E-state index contributed by atoms with van der Waals surface area (Å²) in [7, 11) is 1.40. The fourth-order valence-electron chi connectivity index (χ4n) is 0.772. The minimum atomic E-state index is -0.615. The fourth-order valence-corrected chi connectivity index (χ4v) is 1.16. The molecule has 5 heteroatoms. The first-order valence-corrected chi connectivity index (χ1v) is 3.80. The molecule has 0 saturated carbocycles. The molecule has 0 radical (unpaired) electrons. The van der Waals surface area contributed by atoms with Crippen molar-refractivity contribution in [3.63, 3.8) is 0 Å². The SMILES string of the molecule is COc1c(C(=O)Cl)ccnc1Cl. The number of rotatable bonds is 2. The zero-order valence-electron chi connectivity index (χ0n) is 6.17. The number of carbonyl (C=O) groups is 1. The van der Waals surface area contributed by atoms with Crippen LogP contribution < -0.4 is 4.74 Å². The average Bonchev–Trinajstić information content (AvgIpc) is 2.03. The van der Waals surface area contributed by atoms with Gasteiger partial charge >= 0.3 is 0 Å². The minimum absolute atomic E-state index is 0.129. The van der Waals surface area contributed by atoms with Crippen molar-refractivity contribution >= 4 is 28.4 Å². The van der Waals surface area contributed by atoms with Crippen LogP contribution in [-0.2, 0) is 0 Å². The molecule has 0 aliphatic rings. The summed E-state index contributed by atoms with van der Waals surface area (Å²) in [6, 6.07) is 1.44. The maximum absolute atomic E-state index is 10.8. The van der Waals surface area contributed by atoms with Gasteiger partial charge in [0.2, 0.25) is 0 Å². The Balaban J connectivity index is 3.27. The van der Waals surface area contributed by atoms with E-state index < -0.39 is 5.24 Å². The highest BCUT2D eigenvalue weighted by atomic mass is 35.5. The summed E-state index contributed by atoms with van der Waals surface area (Å²) in [6.07, 6.45) is 1.39. The van der Waals surface area contributed by atoms with Gasteiger partial charge in [0, 0.05) is 6.20 Å². The highest BCUT2D eigenvalue weighted by molar-refractivity contribution is 6.68. The largest absolute Gasteiger partial charge is 0.493 e. The third kappa shape index (κ3) is 1.68. The molecule has 0 amide bonds. The topological polar surface area (TPSA) is 39.2 Å². The molecule has 0 bridgehead atoms. The number of halogens is 2. The summed E-state index contributed by atoms with van der Waals surface area (Å²) in [5.41, 5.74) is 0.221. The van der Waals surface area contributed by atoms with Crippen molar-refractivity contribution in [3.8, 4) is 5.75 Å². The Morgan fingerprint density at radius 1 is 1.67 bits per heavy atom. The molecule has 0 aliphatic carbocycles. The van der Waals surface area contributed by atoms with Gasteiger partial charge in [-0.15, -0.1) is 0 Å². The molecule has 0 fully saturated rings. The molecule has 0 spiro atoms. The molecular weight excluding hydrogens is 201 g/mol. The maximum atomic E-state index is 10.8. The van der Waals surface area contributed by atoms with Crippen LogP contribution in [0.5, 0.6) is 5.75 Å². The van der Waals surface area contributed by atoms with Crippen molar-refractivity contribution < 1.29 is 9.53 Å². The van der Waals surface area contributed by atoms with Gasteiger partial charge in [0.1, 0.15) is 0 Å². The number of ether oxygens (including phenoxy) is 1. The third-order valence-corrected chi connectivity index (χ3v) is 1.75. The van der Waals surface area contributed by atoms with Crippen molar-refractivity contribution in [1.82, 2.24) is 4.98 Å². The van der Waals surface area contributed by atoms with E-state index in [9.17, 15) is 4.79 Å². The van der Waals surface area contributed by atoms with Crippen LogP contribution in [0.4, 0.5) is 0 Å². The van der Waals surface area contributed by atoms with Crippen LogP contribution in [0.3, 0.4) is 0 Å². The summed E-state index contributed by atoms with van der Waals surface area (Å²) in [5, 5.41) is -0.486. The summed E-state index contributed by atoms with van der Waals surface area (Å²) in [4.78, 5) is 14.5. The van der Waals surface area contributed by atoms with E-state index in [0.717, 1.165) is 0 Å². The Labute approximate surface area is 79.3 Å². The van der Waals surface area contributed by atoms with Crippen LogP contribution in [-0.4, -0.2) is 17.3 Å². The lowest BCUT2D eigenvalue weighted by molar-refractivity contribution is 0.107. The van der Waals surface area contributed by atoms with Crippen molar-refractivity contribution in [1.29, 1.82) is 0 Å². The molecule has 3 nitrogen and oxygen atoms in total. The van der Waals surface area contributed by atoms with Crippen molar-refractivity contribution in [2.24, 2.45) is 0 Å². The van der Waals surface area contributed by atoms with Crippen LogP contribution in [0.15, 0.2) is 12.3 Å². The molecule has 12 heavy (non-hydrogen) atoms. The van der Waals surface area contributed by atoms with E-state index in [-0.39, 0.29) is 16.5 Å². The van der Waals surface area contributed by atoms with Gasteiger partial charge < -0.3 is 4.74 Å². The number of hydrogen-bond donors (Lipinski definition) is 0. The first-order chi connectivity index (χ1) is 5.66. The lowest BCUT2D eigenvalue weighted by atomic mass is 10.3. The first-order valence-electron chi connectivity index (χ1n) is 3.05. The van der Waals surface area contributed by atoms with Gasteiger partial charge in [0.25, 0.3) is 5.24 Å². The average molecular weight is 206 g/mol. The van der Waals surface area contributed by atoms with Crippen LogP contribution >= 0.6 is 23.2 Å². The van der Waals surface area contributed by atoms with Gasteiger partial charge in [0.15, 0.2) is 10.9 Å². The summed E-state index contributed by atoms with van der Waals surface area (Å²) in [5.74, 6) is 0.208. The molecule has 0 aliphatic heterocycles. The summed E-state index contributed by atoms with van der Waals surface area (Å²) in [6.45, 7) is 0. The normalized spacial score (nSPS) is 9.58. The van der Waals surface area contributed by atoms with E-state index in [4.69, 9.17) is 27.9 Å². The Bertz CT molecular complexity index is 314. The predicted molar refractivity (Wildman–Crippen MR) is 46.0 cm³/mol. The molecule has 64 valence electrons. The Morgan fingerprint density at radius 2 is 2.33 bits per heavy atom. The third-order valence-electron chi connectivity index (χ3n) is 1.28. The van der Waals surface area contributed by atoms with Gasteiger partial charge in [-0.3, -0.25) is 4.79 Å². The molecule has 0 atom stereocenters. The number of hydrogen-bond acceptors (Lipinski definition) is 3. The second-order valence-electron chi connectivity index (χ2n) is 1.96. The second-order valence-corrected chi connectivity index (χ2v) is 2.66. The molecular formula is C7H5Cl2NO2. The fraction of sp³-hybridized carbons (Fsp3) is 0.143. The molecule has 0 saturated heterocycles. The Hall–Kier alpha value is -0.800. The second kappa shape index (κ2) is 3.74. The smallest absolute Gasteiger partial charge is 0.256 e. The lowest BCUT2D eigenvalue weighted by Crippen LogP contribution is -1.96. The molecule has 1 aromatic heterocycles. The van der Waals surface area contributed by atoms with E-state index in [0.29, 0.717) is 0 Å². The van der Waals surface area contributed by atoms with Gasteiger partial charge in [-0.25, -0.2) is 4.98 Å². The minimum Gasteiger partial charge on any atom is -0.493 e. The number of nitrogens with zero attached hydrogens (tertiary/aromatic N) is 1. The maximum Gasteiger partial charge on any atom is 0.256 e. The lowest BCUT2D eigenvalue weighted by Gasteiger charge is -2.04. The summed E-state index contributed by atoms with van der Waals surface area (Å²) < 4.78 is 4.84. The van der Waals surface area contributed by atoms with Gasteiger partial charge in [-0.05, 0) is 17.7 Å². The van der Waals surface area contributed by atoms with E-state index in [1.165, 1.54) is 19.4 Å². The number of aromatic nitrogens is 1. The van der Waals surface area contributed by atoms with Crippen LogP contribution in [0.25, 0.3) is 0 Å². The van der Waals surface area contributed by atoms with Crippen molar-refractivity contribution in [2.75, 3.05) is 7.11 Å². The zero-order valence-corrected chi connectivity index (χ0v) is 7.69. The zero-order chi connectivity index (χ0) is 9.14. The Kier molecular flexibility index (Phi) is 2.89. The quantitative estimate of drug-likeness (QED) is 0.549. The van der Waals surface area contributed by atoms with E-state index >= 15 is 0 Å². The first kappa shape index (κ1) is 9.29. The monoisotopic (exact) mass is 205 g/mol. The molecule has 0 N–H and O–H groups in total. The molecule has 1 heterocycles. The van der Waals surface area contributed by atoms with Crippen molar-refractivity contribution in [3.05, 3.63) is 23.0 Å². The highest BCUT2D eigenvalue weighted by Crippen LogP contribution is 2.26. The van der Waals surface area contributed by atoms with Crippen LogP contribution in [0.1, 0.15) is 10.4 Å². The molecule has 1 rings (SSSR count). The molecule has 1 aromatic rings. The van der Waals surface area contributed by atoms with Crippen LogP contribution in [0.2, 0.25) is 5.15 Å². The summed E-state index contributed by atoms with van der Waals surface area (Å²) >= 11 is 10.9. The van der Waals surface area contributed by atoms with Crippen LogP contribution in [0, 0.1) is 0 Å². The Morgan fingerprint density at radius 3 is 2.75 bits per heavy atom. The van der Waals surface area contributed by atoms with Gasteiger partial charge in [-0.2, -0.15) is 0 Å². The van der Waals surface area contributed by atoms with Gasteiger partial charge in [0.05, 0.1) is 12.7 Å². The molecule has 0 aromatic carbocycles.